The van der Waals surface area contributed by atoms with Crippen molar-refractivity contribution in [3.63, 3.8) is 0 Å². The van der Waals surface area contributed by atoms with Crippen molar-refractivity contribution in [1.29, 1.82) is 0 Å². The maximum atomic E-state index is 6.09. The van der Waals surface area contributed by atoms with Crippen LogP contribution in [0.3, 0.4) is 0 Å². The van der Waals surface area contributed by atoms with Crippen molar-refractivity contribution in [2.75, 3.05) is 25.5 Å². The third-order valence-electron chi connectivity index (χ3n) is 3.16. The molecule has 4 heteroatoms. The second-order valence-electron chi connectivity index (χ2n) is 5.03. The molecular formula is C17H21ClN2O. The van der Waals surface area contributed by atoms with Crippen LogP contribution in [0.2, 0.25) is 5.02 Å². The molecule has 0 amide bonds. The van der Waals surface area contributed by atoms with Gasteiger partial charge in [-0.1, -0.05) is 30.7 Å². The van der Waals surface area contributed by atoms with E-state index in [1.165, 1.54) is 0 Å². The first-order valence-electron chi connectivity index (χ1n) is 7.04. The first-order chi connectivity index (χ1) is 10.1. The van der Waals surface area contributed by atoms with E-state index in [0.29, 0.717) is 5.02 Å². The van der Waals surface area contributed by atoms with E-state index in [2.05, 4.69) is 12.2 Å². The predicted molar refractivity (Wildman–Crippen MR) is 89.7 cm³/mol. The van der Waals surface area contributed by atoms with Gasteiger partial charge in [0, 0.05) is 43.0 Å². The summed E-state index contributed by atoms with van der Waals surface area (Å²) >= 11 is 6.09. The van der Waals surface area contributed by atoms with E-state index in [9.17, 15) is 0 Å². The van der Waals surface area contributed by atoms with Crippen LogP contribution in [-0.2, 0) is 6.54 Å². The van der Waals surface area contributed by atoms with Gasteiger partial charge in [0.25, 0.3) is 0 Å². The summed E-state index contributed by atoms with van der Waals surface area (Å²) in [5, 5.41) is 3.98. The van der Waals surface area contributed by atoms with Crippen LogP contribution < -0.4 is 15.0 Å². The standard InChI is InChI=1S/C17H21ClN2O/c1-4-19-12-13-8-9-14(18)10-17(13)21-16-7-5-6-15(11-16)20(2)3/h5-11,19H,4,12H2,1-3H3. The summed E-state index contributed by atoms with van der Waals surface area (Å²) in [5.74, 6) is 1.60. The molecule has 2 aromatic rings. The molecule has 0 saturated carbocycles. The molecule has 0 atom stereocenters. The van der Waals surface area contributed by atoms with Crippen molar-refractivity contribution in [3.8, 4) is 11.5 Å². The number of ether oxygens (including phenoxy) is 1. The normalized spacial score (nSPS) is 10.5. The Bertz CT molecular complexity index is 599. The Morgan fingerprint density at radius 3 is 2.67 bits per heavy atom. The van der Waals surface area contributed by atoms with Crippen LogP contribution >= 0.6 is 11.6 Å². The summed E-state index contributed by atoms with van der Waals surface area (Å²) in [6, 6.07) is 13.7. The third kappa shape index (κ3) is 4.38. The molecule has 0 aromatic heterocycles. The van der Waals surface area contributed by atoms with Crippen LogP contribution in [0, 0.1) is 0 Å². The average Bonchev–Trinajstić information content (AvgIpc) is 2.47. The third-order valence-corrected chi connectivity index (χ3v) is 3.39. The van der Waals surface area contributed by atoms with Gasteiger partial charge < -0.3 is 15.0 Å². The SMILES string of the molecule is CCNCc1ccc(Cl)cc1Oc1cccc(N(C)C)c1. The van der Waals surface area contributed by atoms with E-state index in [4.69, 9.17) is 16.3 Å². The molecule has 3 nitrogen and oxygen atoms in total. The van der Waals surface area contributed by atoms with Gasteiger partial charge in [-0.25, -0.2) is 0 Å². The first-order valence-corrected chi connectivity index (χ1v) is 7.42. The molecule has 0 saturated heterocycles. The summed E-state index contributed by atoms with van der Waals surface area (Å²) in [7, 11) is 4.02. The van der Waals surface area contributed by atoms with Gasteiger partial charge in [-0.15, -0.1) is 0 Å². The highest BCUT2D eigenvalue weighted by atomic mass is 35.5. The monoisotopic (exact) mass is 304 g/mol. The summed E-state index contributed by atoms with van der Waals surface area (Å²) < 4.78 is 6.03. The number of benzene rings is 2. The molecular weight excluding hydrogens is 284 g/mol. The van der Waals surface area contributed by atoms with Crippen LogP contribution in [0.1, 0.15) is 12.5 Å². The van der Waals surface area contributed by atoms with Crippen LogP contribution in [0.5, 0.6) is 11.5 Å². The van der Waals surface area contributed by atoms with E-state index < -0.39 is 0 Å². The second-order valence-corrected chi connectivity index (χ2v) is 5.46. The van der Waals surface area contributed by atoms with Gasteiger partial charge >= 0.3 is 0 Å². The molecule has 2 aromatic carbocycles. The minimum Gasteiger partial charge on any atom is -0.457 e. The largest absolute Gasteiger partial charge is 0.457 e. The van der Waals surface area contributed by atoms with Gasteiger partial charge in [-0.05, 0) is 30.8 Å². The smallest absolute Gasteiger partial charge is 0.133 e. The van der Waals surface area contributed by atoms with Crippen molar-refractivity contribution in [2.24, 2.45) is 0 Å². The Balaban J connectivity index is 2.25. The second kappa shape index (κ2) is 7.34. The lowest BCUT2D eigenvalue weighted by atomic mass is 10.2. The van der Waals surface area contributed by atoms with Crippen LogP contribution in [-0.4, -0.2) is 20.6 Å². The molecule has 0 aliphatic carbocycles. The van der Waals surface area contributed by atoms with Crippen LogP contribution in [0.25, 0.3) is 0 Å². The van der Waals surface area contributed by atoms with E-state index >= 15 is 0 Å². The maximum absolute atomic E-state index is 6.09. The first kappa shape index (κ1) is 15.7. The topological polar surface area (TPSA) is 24.5 Å². The Labute approximate surface area is 131 Å². The number of anilines is 1. The fraction of sp³-hybridized carbons (Fsp3) is 0.294. The van der Waals surface area contributed by atoms with Gasteiger partial charge in [-0.2, -0.15) is 0 Å². The van der Waals surface area contributed by atoms with E-state index in [0.717, 1.165) is 35.8 Å². The van der Waals surface area contributed by atoms with Gasteiger partial charge in [0.2, 0.25) is 0 Å². The van der Waals surface area contributed by atoms with E-state index in [1.54, 1.807) is 0 Å². The van der Waals surface area contributed by atoms with Crippen molar-refractivity contribution >= 4 is 17.3 Å². The van der Waals surface area contributed by atoms with E-state index in [-0.39, 0.29) is 0 Å². The molecule has 0 heterocycles. The number of hydrogen-bond donors (Lipinski definition) is 1. The van der Waals surface area contributed by atoms with Crippen LogP contribution in [0.4, 0.5) is 5.69 Å². The molecule has 112 valence electrons. The van der Waals surface area contributed by atoms with Crippen molar-refractivity contribution in [2.45, 2.75) is 13.5 Å². The molecule has 0 aliphatic heterocycles. The van der Waals surface area contributed by atoms with Crippen LogP contribution in [0.15, 0.2) is 42.5 Å². The highest BCUT2D eigenvalue weighted by Crippen LogP contribution is 2.30. The number of rotatable bonds is 6. The Hall–Kier alpha value is -1.71. The molecule has 0 fully saturated rings. The van der Waals surface area contributed by atoms with Crippen molar-refractivity contribution in [1.82, 2.24) is 5.32 Å². The zero-order valence-electron chi connectivity index (χ0n) is 12.7. The summed E-state index contributed by atoms with van der Waals surface area (Å²) in [6.45, 7) is 3.76. The average molecular weight is 305 g/mol. The number of nitrogens with one attached hydrogen (secondary N) is 1. The zero-order chi connectivity index (χ0) is 15.2. The predicted octanol–water partition coefficient (Wildman–Crippen LogP) is 4.31. The molecule has 0 radical (unpaired) electrons. The van der Waals surface area contributed by atoms with Gasteiger partial charge in [0.1, 0.15) is 11.5 Å². The number of halogens is 1. The molecule has 0 unspecified atom stereocenters. The summed E-state index contributed by atoms with van der Waals surface area (Å²) in [6.07, 6.45) is 0. The number of hydrogen-bond acceptors (Lipinski definition) is 3. The Kier molecular flexibility index (Phi) is 5.48. The molecule has 0 aliphatic rings. The molecule has 21 heavy (non-hydrogen) atoms. The molecule has 0 spiro atoms. The summed E-state index contributed by atoms with van der Waals surface area (Å²) in [5.41, 5.74) is 2.19. The highest BCUT2D eigenvalue weighted by Gasteiger charge is 2.07. The minimum absolute atomic E-state index is 0.675. The molecule has 1 N–H and O–H groups in total. The molecule has 2 rings (SSSR count). The fourth-order valence-corrected chi connectivity index (χ4v) is 2.14. The zero-order valence-corrected chi connectivity index (χ0v) is 13.4. The van der Waals surface area contributed by atoms with Crippen molar-refractivity contribution in [3.05, 3.63) is 53.1 Å². The quantitative estimate of drug-likeness (QED) is 0.860. The lowest BCUT2D eigenvalue weighted by Gasteiger charge is -2.15. The Morgan fingerprint density at radius 1 is 1.14 bits per heavy atom. The minimum atomic E-state index is 0.675. The lowest BCUT2D eigenvalue weighted by molar-refractivity contribution is 0.473. The fourth-order valence-electron chi connectivity index (χ4n) is 1.98. The van der Waals surface area contributed by atoms with Crippen molar-refractivity contribution < 1.29 is 4.74 Å². The lowest BCUT2D eigenvalue weighted by Crippen LogP contribution is -2.12. The molecule has 0 bridgehead atoms. The maximum Gasteiger partial charge on any atom is 0.133 e. The van der Waals surface area contributed by atoms with Gasteiger partial charge in [0.05, 0.1) is 0 Å². The number of nitrogens with zero attached hydrogens (tertiary/aromatic N) is 1. The van der Waals surface area contributed by atoms with Gasteiger partial charge in [-0.3, -0.25) is 0 Å². The summed E-state index contributed by atoms with van der Waals surface area (Å²) in [4.78, 5) is 2.05. The Morgan fingerprint density at radius 2 is 1.95 bits per heavy atom. The van der Waals surface area contributed by atoms with Gasteiger partial charge in [0.15, 0.2) is 0 Å². The van der Waals surface area contributed by atoms with E-state index in [1.807, 2.05) is 61.5 Å². The highest BCUT2D eigenvalue weighted by molar-refractivity contribution is 6.30.